The lowest BCUT2D eigenvalue weighted by molar-refractivity contribution is 0.0260. The number of benzene rings is 1. The van der Waals surface area contributed by atoms with Crippen molar-refractivity contribution in [1.82, 2.24) is 0 Å². The zero-order valence-corrected chi connectivity index (χ0v) is 16.8. The normalized spacial score (nSPS) is 12.4. The summed E-state index contributed by atoms with van der Waals surface area (Å²) in [4.78, 5) is 0. The van der Waals surface area contributed by atoms with Gasteiger partial charge in [-0.3, -0.25) is 0 Å². The minimum atomic E-state index is -1.67. The Labute approximate surface area is 147 Å². The maximum atomic E-state index is 6.04. The minimum absolute atomic E-state index is 0.234. The van der Waals surface area contributed by atoms with Gasteiger partial charge in [0, 0.05) is 0 Å². The summed E-state index contributed by atoms with van der Waals surface area (Å²) in [5, 5.41) is 0.234. The number of para-hydroxylation sites is 2. The van der Waals surface area contributed by atoms with Gasteiger partial charge in [-0.2, -0.15) is 0 Å². The molecule has 24 heavy (non-hydrogen) atoms. The summed E-state index contributed by atoms with van der Waals surface area (Å²) in [5.74, 6) is 0.695. The molecule has 0 spiro atoms. The fourth-order valence-corrected chi connectivity index (χ4v) is 2.74. The molecule has 6 heteroatoms. The third-order valence-electron chi connectivity index (χ3n) is 4.27. The number of nitrogen functional groups attached to an aromatic ring is 1. The number of ether oxygens (including phenoxy) is 3. The summed E-state index contributed by atoms with van der Waals surface area (Å²) in [6.07, 6.45) is 0. The average Bonchev–Trinajstić information content (AvgIpc) is 2.49. The molecule has 0 atom stereocenters. The maximum absolute atomic E-state index is 6.04. The highest BCUT2D eigenvalue weighted by atomic mass is 28.4. The highest BCUT2D eigenvalue weighted by Crippen LogP contribution is 2.36. The third-order valence-corrected chi connectivity index (χ3v) is 8.81. The fraction of sp³-hybridized carbons (Fsp3) is 0.667. The van der Waals surface area contributed by atoms with Crippen molar-refractivity contribution in [2.24, 2.45) is 0 Å². The number of rotatable bonds is 11. The molecule has 0 radical (unpaired) electrons. The third kappa shape index (κ3) is 7.66. The van der Waals surface area contributed by atoms with Crippen molar-refractivity contribution in [3.8, 4) is 5.75 Å². The van der Waals surface area contributed by atoms with E-state index in [0.29, 0.717) is 51.1 Å². The molecule has 0 aromatic heterocycles. The van der Waals surface area contributed by atoms with Gasteiger partial charge in [0.1, 0.15) is 12.4 Å². The first-order valence-electron chi connectivity index (χ1n) is 8.51. The van der Waals surface area contributed by atoms with Crippen molar-refractivity contribution >= 4 is 14.0 Å². The Morgan fingerprint density at radius 2 is 1.42 bits per heavy atom. The van der Waals surface area contributed by atoms with E-state index in [2.05, 4.69) is 33.9 Å². The summed E-state index contributed by atoms with van der Waals surface area (Å²) >= 11 is 0. The van der Waals surface area contributed by atoms with E-state index in [9.17, 15) is 0 Å². The van der Waals surface area contributed by atoms with Gasteiger partial charge >= 0.3 is 0 Å². The van der Waals surface area contributed by atoms with Gasteiger partial charge in [0.2, 0.25) is 0 Å². The monoisotopic (exact) mass is 355 g/mol. The number of hydrogen-bond donors (Lipinski definition) is 1. The van der Waals surface area contributed by atoms with E-state index in [1.807, 2.05) is 24.3 Å². The summed E-state index contributed by atoms with van der Waals surface area (Å²) < 4.78 is 22.6. The van der Waals surface area contributed by atoms with Gasteiger partial charge in [0.25, 0.3) is 0 Å². The Bertz CT molecular complexity index is 474. The van der Waals surface area contributed by atoms with Gasteiger partial charge < -0.3 is 24.4 Å². The molecule has 2 N–H and O–H groups in total. The molecule has 0 saturated carbocycles. The molecule has 0 aliphatic heterocycles. The standard InChI is InChI=1S/C18H33NO4Si/c1-18(2,3)24(4,5)23-15-13-21-11-10-20-12-14-22-17-9-7-6-8-16(17)19/h6-9H,10-15,19H2,1-5H3. The predicted molar refractivity (Wildman–Crippen MR) is 101 cm³/mol. The van der Waals surface area contributed by atoms with Gasteiger partial charge in [0.15, 0.2) is 8.32 Å². The second-order valence-corrected chi connectivity index (χ2v) is 12.0. The average molecular weight is 356 g/mol. The van der Waals surface area contributed by atoms with Crippen molar-refractivity contribution in [1.29, 1.82) is 0 Å². The SMILES string of the molecule is CC(C)(C)[Si](C)(C)OCCOCCOCCOc1ccccc1N. The molecule has 1 aromatic rings. The molecule has 138 valence electrons. The van der Waals surface area contributed by atoms with Crippen LogP contribution in [0.25, 0.3) is 0 Å². The van der Waals surface area contributed by atoms with E-state index < -0.39 is 8.32 Å². The molecule has 0 aliphatic rings. The minimum Gasteiger partial charge on any atom is -0.489 e. The van der Waals surface area contributed by atoms with Crippen molar-refractivity contribution in [2.45, 2.75) is 38.9 Å². The summed E-state index contributed by atoms with van der Waals surface area (Å²) in [5.41, 5.74) is 6.43. The van der Waals surface area contributed by atoms with Gasteiger partial charge in [-0.15, -0.1) is 0 Å². The summed E-state index contributed by atoms with van der Waals surface area (Å²) in [6.45, 7) is 14.5. The predicted octanol–water partition coefficient (Wildman–Crippen LogP) is 3.70. The lowest BCUT2D eigenvalue weighted by atomic mass is 10.2. The van der Waals surface area contributed by atoms with Gasteiger partial charge in [-0.05, 0) is 30.3 Å². The van der Waals surface area contributed by atoms with Crippen LogP contribution < -0.4 is 10.5 Å². The van der Waals surface area contributed by atoms with Crippen molar-refractivity contribution < 1.29 is 18.6 Å². The fourth-order valence-electron chi connectivity index (χ4n) is 1.72. The molecule has 0 aliphatic carbocycles. The molecule has 5 nitrogen and oxygen atoms in total. The van der Waals surface area contributed by atoms with Crippen molar-refractivity contribution in [3.63, 3.8) is 0 Å². The Hall–Kier alpha value is -1.08. The Kier molecular flexibility index (Phi) is 8.76. The lowest BCUT2D eigenvalue weighted by Crippen LogP contribution is -2.41. The zero-order chi connectivity index (χ0) is 18.1. The first-order valence-corrected chi connectivity index (χ1v) is 11.4. The van der Waals surface area contributed by atoms with E-state index in [1.165, 1.54) is 0 Å². The molecule has 0 bridgehead atoms. The van der Waals surface area contributed by atoms with Gasteiger partial charge in [-0.1, -0.05) is 32.9 Å². The van der Waals surface area contributed by atoms with Gasteiger partial charge in [0.05, 0.1) is 38.7 Å². The van der Waals surface area contributed by atoms with Crippen LogP contribution in [0.3, 0.4) is 0 Å². The molecule has 1 rings (SSSR count). The van der Waals surface area contributed by atoms with Crippen LogP contribution in [0.5, 0.6) is 5.75 Å². The number of anilines is 1. The Morgan fingerprint density at radius 1 is 0.875 bits per heavy atom. The molecule has 0 saturated heterocycles. The quantitative estimate of drug-likeness (QED) is 0.372. The summed E-state index contributed by atoms with van der Waals surface area (Å²) in [6, 6.07) is 7.44. The smallest absolute Gasteiger partial charge is 0.192 e. The largest absolute Gasteiger partial charge is 0.489 e. The van der Waals surface area contributed by atoms with E-state index >= 15 is 0 Å². The van der Waals surface area contributed by atoms with Crippen LogP contribution in [-0.4, -0.2) is 48.0 Å². The van der Waals surface area contributed by atoms with Crippen LogP contribution in [0.15, 0.2) is 24.3 Å². The molecular weight excluding hydrogens is 322 g/mol. The van der Waals surface area contributed by atoms with Crippen LogP contribution in [0.2, 0.25) is 18.1 Å². The molecule has 0 fully saturated rings. The molecule has 0 heterocycles. The highest BCUT2D eigenvalue weighted by Gasteiger charge is 2.36. The second-order valence-electron chi connectivity index (χ2n) is 7.22. The highest BCUT2D eigenvalue weighted by molar-refractivity contribution is 6.74. The first-order chi connectivity index (χ1) is 11.2. The van der Waals surface area contributed by atoms with Gasteiger partial charge in [-0.25, -0.2) is 0 Å². The van der Waals surface area contributed by atoms with Crippen LogP contribution in [0, 0.1) is 0 Å². The van der Waals surface area contributed by atoms with Crippen LogP contribution in [0.1, 0.15) is 20.8 Å². The molecule has 0 unspecified atom stereocenters. The van der Waals surface area contributed by atoms with Crippen LogP contribution in [-0.2, 0) is 13.9 Å². The van der Waals surface area contributed by atoms with E-state index in [0.717, 1.165) is 0 Å². The first kappa shape index (κ1) is 21.0. The Balaban J connectivity index is 1.97. The topological polar surface area (TPSA) is 62.9 Å². The van der Waals surface area contributed by atoms with Crippen molar-refractivity contribution in [2.75, 3.05) is 45.4 Å². The van der Waals surface area contributed by atoms with Crippen LogP contribution >= 0.6 is 0 Å². The summed E-state index contributed by atoms with van der Waals surface area (Å²) in [7, 11) is -1.67. The van der Waals surface area contributed by atoms with E-state index in [-0.39, 0.29) is 5.04 Å². The lowest BCUT2D eigenvalue weighted by Gasteiger charge is -2.36. The maximum Gasteiger partial charge on any atom is 0.192 e. The number of hydrogen-bond acceptors (Lipinski definition) is 5. The molecule has 0 amide bonds. The Morgan fingerprint density at radius 3 is 2.00 bits per heavy atom. The second kappa shape index (κ2) is 10.0. The van der Waals surface area contributed by atoms with E-state index in [4.69, 9.17) is 24.4 Å². The number of nitrogens with two attached hydrogens (primary N) is 1. The molecule has 1 aromatic carbocycles. The zero-order valence-electron chi connectivity index (χ0n) is 15.8. The molecular formula is C18H33NO4Si. The van der Waals surface area contributed by atoms with Crippen LogP contribution in [0.4, 0.5) is 5.69 Å². The van der Waals surface area contributed by atoms with Crippen molar-refractivity contribution in [3.05, 3.63) is 24.3 Å². The van der Waals surface area contributed by atoms with E-state index in [1.54, 1.807) is 0 Å².